The van der Waals surface area contributed by atoms with E-state index in [1.807, 2.05) is 17.0 Å². The summed E-state index contributed by atoms with van der Waals surface area (Å²) in [6.45, 7) is 1.29. The van der Waals surface area contributed by atoms with Crippen LogP contribution in [-0.4, -0.2) is 30.1 Å². The van der Waals surface area contributed by atoms with Crippen LogP contribution in [0.4, 0.5) is 10.5 Å². The molecule has 0 aromatic heterocycles. The van der Waals surface area contributed by atoms with E-state index in [2.05, 4.69) is 5.32 Å². The molecule has 18 heavy (non-hydrogen) atoms. The van der Waals surface area contributed by atoms with E-state index in [9.17, 15) is 4.79 Å². The minimum Gasteiger partial charge on any atom is -0.328 e. The largest absolute Gasteiger partial charge is 0.328 e. The van der Waals surface area contributed by atoms with Gasteiger partial charge in [0.05, 0.1) is 0 Å². The maximum Gasteiger partial charge on any atom is 0.322 e. The highest BCUT2D eigenvalue weighted by Gasteiger charge is 2.25. The summed E-state index contributed by atoms with van der Waals surface area (Å²) >= 11 is 5.89. The Balaban J connectivity index is 2.02. The Kier molecular flexibility index (Phi) is 4.44. The summed E-state index contributed by atoms with van der Waals surface area (Å²) in [5, 5.41) is 3.48. The van der Waals surface area contributed by atoms with Crippen LogP contribution in [-0.2, 0) is 0 Å². The molecule has 1 aliphatic rings. The van der Waals surface area contributed by atoms with Crippen molar-refractivity contribution in [2.24, 2.45) is 5.73 Å². The minimum atomic E-state index is -0.0904. The number of anilines is 1. The van der Waals surface area contributed by atoms with Gasteiger partial charge in [0.15, 0.2) is 0 Å². The van der Waals surface area contributed by atoms with Crippen LogP contribution >= 0.6 is 11.6 Å². The van der Waals surface area contributed by atoms with E-state index < -0.39 is 0 Å². The van der Waals surface area contributed by atoms with Crippen LogP contribution in [0.2, 0.25) is 5.02 Å². The van der Waals surface area contributed by atoms with Crippen molar-refractivity contribution in [3.8, 4) is 0 Å². The third-order valence-electron chi connectivity index (χ3n) is 3.24. The van der Waals surface area contributed by atoms with E-state index in [0.29, 0.717) is 17.3 Å². The molecule has 1 atom stereocenters. The van der Waals surface area contributed by atoms with Crippen LogP contribution in [0.5, 0.6) is 0 Å². The number of benzene rings is 1. The summed E-state index contributed by atoms with van der Waals surface area (Å²) in [6, 6.07) is 7.21. The van der Waals surface area contributed by atoms with Crippen LogP contribution in [0, 0.1) is 0 Å². The van der Waals surface area contributed by atoms with Gasteiger partial charge in [0.2, 0.25) is 0 Å². The first kappa shape index (κ1) is 13.2. The molecule has 1 fully saturated rings. The predicted molar refractivity (Wildman–Crippen MR) is 73.9 cm³/mol. The smallest absolute Gasteiger partial charge is 0.322 e. The summed E-state index contributed by atoms with van der Waals surface area (Å²) in [4.78, 5) is 14.0. The number of carbonyl (C=O) groups excluding carboxylic acids is 1. The van der Waals surface area contributed by atoms with Gasteiger partial charge in [-0.2, -0.15) is 0 Å². The Labute approximate surface area is 112 Å². The van der Waals surface area contributed by atoms with E-state index in [1.54, 1.807) is 12.1 Å². The van der Waals surface area contributed by atoms with Gasteiger partial charge >= 0.3 is 6.03 Å². The van der Waals surface area contributed by atoms with Crippen molar-refractivity contribution in [2.45, 2.75) is 25.3 Å². The van der Waals surface area contributed by atoms with Gasteiger partial charge in [-0.15, -0.1) is 0 Å². The molecule has 4 nitrogen and oxygen atoms in total. The standard InChI is InChI=1S/C13H18ClN3O/c14-10-4-3-5-11(8-10)16-13(18)17-7-2-1-6-12(17)9-15/h3-5,8,12H,1-2,6-7,9,15H2,(H,16,18). The zero-order valence-electron chi connectivity index (χ0n) is 10.2. The maximum absolute atomic E-state index is 12.2. The summed E-state index contributed by atoms with van der Waals surface area (Å²) in [5.74, 6) is 0. The molecule has 1 aromatic carbocycles. The molecule has 0 spiro atoms. The molecule has 0 radical (unpaired) electrons. The second-order valence-corrected chi connectivity index (χ2v) is 4.96. The molecule has 3 N–H and O–H groups in total. The van der Waals surface area contributed by atoms with Gasteiger partial charge in [0.1, 0.15) is 0 Å². The van der Waals surface area contributed by atoms with E-state index in [1.165, 1.54) is 0 Å². The fourth-order valence-corrected chi connectivity index (χ4v) is 2.46. The molecule has 2 rings (SSSR count). The first-order valence-corrected chi connectivity index (χ1v) is 6.62. The number of nitrogens with two attached hydrogens (primary N) is 1. The average Bonchev–Trinajstić information content (AvgIpc) is 2.38. The van der Waals surface area contributed by atoms with Crippen molar-refractivity contribution in [1.29, 1.82) is 0 Å². The molecule has 1 aromatic rings. The molecular formula is C13H18ClN3O. The zero-order valence-corrected chi connectivity index (χ0v) is 11.0. The first-order valence-electron chi connectivity index (χ1n) is 6.24. The third-order valence-corrected chi connectivity index (χ3v) is 3.47. The van der Waals surface area contributed by atoms with Crippen LogP contribution in [0.1, 0.15) is 19.3 Å². The molecule has 0 saturated carbocycles. The van der Waals surface area contributed by atoms with Crippen molar-refractivity contribution >= 4 is 23.3 Å². The molecule has 2 amide bonds. The van der Waals surface area contributed by atoms with E-state index in [4.69, 9.17) is 17.3 Å². The summed E-state index contributed by atoms with van der Waals surface area (Å²) in [6.07, 6.45) is 3.17. The highest BCUT2D eigenvalue weighted by molar-refractivity contribution is 6.30. The maximum atomic E-state index is 12.2. The molecule has 5 heteroatoms. The van der Waals surface area contributed by atoms with Gasteiger partial charge < -0.3 is 16.0 Å². The van der Waals surface area contributed by atoms with Crippen molar-refractivity contribution in [2.75, 3.05) is 18.4 Å². The number of carbonyl (C=O) groups is 1. The van der Waals surface area contributed by atoms with Crippen molar-refractivity contribution in [1.82, 2.24) is 4.90 Å². The van der Waals surface area contributed by atoms with Crippen LogP contribution < -0.4 is 11.1 Å². The number of hydrogen-bond acceptors (Lipinski definition) is 2. The molecule has 1 unspecified atom stereocenters. The van der Waals surface area contributed by atoms with Crippen molar-refractivity contribution in [3.05, 3.63) is 29.3 Å². The van der Waals surface area contributed by atoms with Crippen molar-refractivity contribution < 1.29 is 4.79 Å². The number of hydrogen-bond donors (Lipinski definition) is 2. The lowest BCUT2D eigenvalue weighted by atomic mass is 10.0. The number of halogens is 1. The number of nitrogens with one attached hydrogen (secondary N) is 1. The van der Waals surface area contributed by atoms with Crippen LogP contribution in [0.15, 0.2) is 24.3 Å². The monoisotopic (exact) mass is 267 g/mol. The minimum absolute atomic E-state index is 0.0904. The first-order chi connectivity index (χ1) is 8.70. The molecule has 98 valence electrons. The Bertz CT molecular complexity index is 424. The molecule has 1 aliphatic heterocycles. The van der Waals surface area contributed by atoms with Crippen molar-refractivity contribution in [3.63, 3.8) is 0 Å². The number of urea groups is 1. The fraction of sp³-hybridized carbons (Fsp3) is 0.462. The number of rotatable bonds is 2. The summed E-state index contributed by atoms with van der Waals surface area (Å²) in [5.41, 5.74) is 6.42. The number of nitrogens with zero attached hydrogens (tertiary/aromatic N) is 1. The Morgan fingerprint density at radius 2 is 2.33 bits per heavy atom. The normalized spacial score (nSPS) is 19.7. The lowest BCUT2D eigenvalue weighted by Gasteiger charge is -2.34. The fourth-order valence-electron chi connectivity index (χ4n) is 2.27. The van der Waals surface area contributed by atoms with Gasteiger partial charge in [-0.05, 0) is 37.5 Å². The molecule has 0 aliphatic carbocycles. The third kappa shape index (κ3) is 3.15. The molecule has 1 heterocycles. The molecule has 0 bridgehead atoms. The van der Waals surface area contributed by atoms with Crippen LogP contribution in [0.25, 0.3) is 0 Å². The predicted octanol–water partition coefficient (Wildman–Crippen LogP) is 2.69. The van der Waals surface area contributed by atoms with E-state index in [-0.39, 0.29) is 12.1 Å². The highest BCUT2D eigenvalue weighted by Crippen LogP contribution is 2.19. The number of piperidine rings is 1. The SMILES string of the molecule is NCC1CCCCN1C(=O)Nc1cccc(Cl)c1. The van der Waals surface area contributed by atoms with Gasteiger partial charge in [-0.1, -0.05) is 17.7 Å². The van der Waals surface area contributed by atoms with Gasteiger partial charge in [0.25, 0.3) is 0 Å². The Morgan fingerprint density at radius 1 is 1.50 bits per heavy atom. The van der Waals surface area contributed by atoms with Crippen LogP contribution in [0.3, 0.4) is 0 Å². The topological polar surface area (TPSA) is 58.4 Å². The molecular weight excluding hydrogens is 250 g/mol. The number of amides is 2. The lowest BCUT2D eigenvalue weighted by molar-refractivity contribution is 0.166. The molecule has 1 saturated heterocycles. The van der Waals surface area contributed by atoms with E-state index >= 15 is 0 Å². The summed E-state index contributed by atoms with van der Waals surface area (Å²) in [7, 11) is 0. The Morgan fingerprint density at radius 3 is 3.06 bits per heavy atom. The summed E-state index contributed by atoms with van der Waals surface area (Å²) < 4.78 is 0. The Hall–Kier alpha value is -1.26. The zero-order chi connectivity index (χ0) is 13.0. The lowest BCUT2D eigenvalue weighted by Crippen LogP contribution is -2.49. The second-order valence-electron chi connectivity index (χ2n) is 4.52. The van der Waals surface area contributed by atoms with E-state index in [0.717, 1.165) is 25.8 Å². The van der Waals surface area contributed by atoms with Gasteiger partial charge in [-0.3, -0.25) is 0 Å². The average molecular weight is 268 g/mol. The highest BCUT2D eigenvalue weighted by atomic mass is 35.5. The van der Waals surface area contributed by atoms with Gasteiger partial charge in [0, 0.05) is 29.8 Å². The second kappa shape index (κ2) is 6.07. The quantitative estimate of drug-likeness (QED) is 0.866. The van der Waals surface area contributed by atoms with Gasteiger partial charge in [-0.25, -0.2) is 4.79 Å². The number of likely N-dealkylation sites (tertiary alicyclic amines) is 1.